The molecule has 14 heavy (non-hydrogen) atoms. The Labute approximate surface area is 91.0 Å². The second-order valence-corrected chi connectivity index (χ2v) is 6.55. The third kappa shape index (κ3) is 2.68. The van der Waals surface area contributed by atoms with Crippen LogP contribution in [0, 0.1) is 10.8 Å². The molecule has 2 atom stereocenters. The van der Waals surface area contributed by atoms with Crippen LogP contribution in [0.1, 0.15) is 41.5 Å². The van der Waals surface area contributed by atoms with Gasteiger partial charge in [-0.3, -0.25) is 0 Å². The van der Waals surface area contributed by atoms with Crippen LogP contribution in [0.2, 0.25) is 11.6 Å². The molecular weight excluding hydrogens is 166 g/mol. The van der Waals surface area contributed by atoms with Crippen LogP contribution in [0.3, 0.4) is 0 Å². The Morgan fingerprint density at radius 2 is 1.00 bits per heavy atom. The van der Waals surface area contributed by atoms with E-state index >= 15 is 0 Å². The molecule has 1 heterocycles. The zero-order chi connectivity index (χ0) is 11.0. The van der Waals surface area contributed by atoms with E-state index in [1.807, 2.05) is 0 Å². The Kier molecular flexibility index (Phi) is 3.23. The molecule has 0 aromatic carbocycles. The summed E-state index contributed by atoms with van der Waals surface area (Å²) in [4.78, 5) is 0. The lowest BCUT2D eigenvalue weighted by atomic mass is 9.34. The fourth-order valence-electron chi connectivity index (χ4n) is 2.26. The van der Waals surface area contributed by atoms with Crippen LogP contribution in [0.15, 0.2) is 12.0 Å². The minimum Gasteiger partial charge on any atom is -0.135 e. The molecule has 0 saturated heterocycles. The number of hydrogen-bond acceptors (Lipinski definition) is 0. The molecule has 1 rings (SSSR count). The van der Waals surface area contributed by atoms with Crippen molar-refractivity contribution in [2.75, 3.05) is 0 Å². The number of hydrogen-bond donors (Lipinski definition) is 0. The first-order valence-corrected chi connectivity index (χ1v) is 5.58. The maximum atomic E-state index is 2.37. The Morgan fingerprint density at radius 3 is 1.21 bits per heavy atom. The first kappa shape index (κ1) is 11.9. The molecule has 0 aromatic heterocycles. The Hall–Kier alpha value is -0.130. The van der Waals surface area contributed by atoms with Crippen LogP contribution in [0.4, 0.5) is 0 Å². The molecular formula is C12H22B2. The Balaban J connectivity index is 2.87. The number of rotatable bonds is 0. The van der Waals surface area contributed by atoms with E-state index in [2.05, 4.69) is 68.1 Å². The molecule has 0 bridgehead atoms. The fraction of sp³-hybridized carbons (Fsp3) is 0.833. The normalized spacial score (nSPS) is 28.1. The molecule has 76 valence electrons. The minimum absolute atomic E-state index is 0.360. The van der Waals surface area contributed by atoms with Gasteiger partial charge in [0.1, 0.15) is 14.6 Å². The quantitative estimate of drug-likeness (QED) is 0.509. The van der Waals surface area contributed by atoms with Gasteiger partial charge in [0.05, 0.1) is 0 Å². The largest absolute Gasteiger partial charge is 0.143 e. The van der Waals surface area contributed by atoms with Gasteiger partial charge in [-0.25, -0.2) is 0 Å². The minimum atomic E-state index is 0.360. The summed E-state index contributed by atoms with van der Waals surface area (Å²) < 4.78 is 0. The highest BCUT2D eigenvalue weighted by Gasteiger charge is 2.38. The molecule has 1 aliphatic rings. The molecule has 2 heteroatoms. The summed E-state index contributed by atoms with van der Waals surface area (Å²) in [5, 5.41) is 0. The molecule has 0 amide bonds. The van der Waals surface area contributed by atoms with Crippen molar-refractivity contribution in [2.45, 2.75) is 53.2 Å². The smallest absolute Gasteiger partial charge is 0.135 e. The van der Waals surface area contributed by atoms with Gasteiger partial charge >= 0.3 is 0 Å². The third-order valence-electron chi connectivity index (χ3n) is 3.13. The van der Waals surface area contributed by atoms with Gasteiger partial charge in [0.25, 0.3) is 0 Å². The summed E-state index contributed by atoms with van der Waals surface area (Å²) in [6.07, 6.45) is 0. The third-order valence-corrected chi connectivity index (χ3v) is 3.13. The summed E-state index contributed by atoms with van der Waals surface area (Å²) in [5.74, 6) is 5.70. The van der Waals surface area contributed by atoms with E-state index in [-0.39, 0.29) is 0 Å². The summed E-state index contributed by atoms with van der Waals surface area (Å²) >= 11 is 0. The van der Waals surface area contributed by atoms with Crippen molar-refractivity contribution in [3.8, 4) is 0 Å². The average Bonchev–Trinajstić information content (AvgIpc) is 2.01. The van der Waals surface area contributed by atoms with Gasteiger partial charge in [-0.15, -0.1) is 12.0 Å². The van der Waals surface area contributed by atoms with Crippen molar-refractivity contribution < 1.29 is 0 Å². The lowest BCUT2D eigenvalue weighted by Gasteiger charge is -2.44. The Morgan fingerprint density at radius 1 is 0.714 bits per heavy atom. The fourth-order valence-corrected chi connectivity index (χ4v) is 2.26. The van der Waals surface area contributed by atoms with E-state index in [4.69, 9.17) is 0 Å². The molecule has 0 aliphatic carbocycles. The highest BCUT2D eigenvalue weighted by atomic mass is 14.3. The van der Waals surface area contributed by atoms with Crippen LogP contribution < -0.4 is 0 Å². The van der Waals surface area contributed by atoms with Gasteiger partial charge < -0.3 is 0 Å². The lowest BCUT2D eigenvalue weighted by molar-refractivity contribution is 0.273. The van der Waals surface area contributed by atoms with E-state index in [0.29, 0.717) is 22.5 Å². The van der Waals surface area contributed by atoms with Gasteiger partial charge in [-0.1, -0.05) is 53.2 Å². The van der Waals surface area contributed by atoms with E-state index in [0.717, 1.165) is 0 Å². The Bertz CT molecular complexity index is 193. The maximum absolute atomic E-state index is 2.37. The predicted molar refractivity (Wildman–Crippen MR) is 67.1 cm³/mol. The van der Waals surface area contributed by atoms with Crippen molar-refractivity contribution in [1.82, 2.24) is 0 Å². The zero-order valence-corrected chi connectivity index (χ0v) is 10.5. The summed E-state index contributed by atoms with van der Waals surface area (Å²) in [5.41, 5.74) is 0.721. The summed E-state index contributed by atoms with van der Waals surface area (Å²) in [7, 11) is 4.74. The van der Waals surface area contributed by atoms with Gasteiger partial charge in [-0.05, 0) is 10.8 Å². The van der Waals surface area contributed by atoms with Crippen molar-refractivity contribution in [3.05, 3.63) is 12.0 Å². The topological polar surface area (TPSA) is 0 Å². The van der Waals surface area contributed by atoms with E-state index in [1.54, 1.807) is 0 Å². The molecule has 0 spiro atoms. The van der Waals surface area contributed by atoms with Crippen LogP contribution in [-0.4, -0.2) is 14.6 Å². The monoisotopic (exact) mass is 188 g/mol. The highest BCUT2D eigenvalue weighted by molar-refractivity contribution is 6.57. The van der Waals surface area contributed by atoms with Crippen molar-refractivity contribution >= 4 is 14.6 Å². The first-order chi connectivity index (χ1) is 6.23. The van der Waals surface area contributed by atoms with Crippen molar-refractivity contribution in [3.63, 3.8) is 0 Å². The lowest BCUT2D eigenvalue weighted by Crippen LogP contribution is -2.35. The van der Waals surface area contributed by atoms with Gasteiger partial charge in [0.2, 0.25) is 0 Å². The van der Waals surface area contributed by atoms with Gasteiger partial charge in [0, 0.05) is 0 Å². The molecule has 1 aliphatic heterocycles. The molecule has 0 nitrogen and oxygen atoms in total. The first-order valence-electron chi connectivity index (χ1n) is 5.58. The van der Waals surface area contributed by atoms with Crippen molar-refractivity contribution in [2.24, 2.45) is 10.8 Å². The van der Waals surface area contributed by atoms with Gasteiger partial charge in [0.15, 0.2) is 0 Å². The van der Waals surface area contributed by atoms with E-state index in [9.17, 15) is 0 Å². The van der Waals surface area contributed by atoms with Gasteiger partial charge in [-0.2, -0.15) is 0 Å². The van der Waals surface area contributed by atoms with Crippen LogP contribution in [0.25, 0.3) is 0 Å². The second-order valence-electron chi connectivity index (χ2n) is 6.55. The predicted octanol–water partition coefficient (Wildman–Crippen LogP) is 3.55. The summed E-state index contributed by atoms with van der Waals surface area (Å²) in [6, 6.07) is 0. The van der Waals surface area contributed by atoms with Crippen LogP contribution >= 0.6 is 0 Å². The zero-order valence-electron chi connectivity index (χ0n) is 10.5. The molecule has 2 radical (unpaired) electrons. The molecule has 0 saturated carbocycles. The maximum Gasteiger partial charge on any atom is 0.143 e. The molecule has 0 fully saturated rings. The molecule has 0 aromatic rings. The average molecular weight is 188 g/mol. The molecule has 2 unspecified atom stereocenters. The van der Waals surface area contributed by atoms with Crippen LogP contribution in [0.5, 0.6) is 0 Å². The molecule has 0 N–H and O–H groups in total. The SMILES string of the molecule is CC(C)(C)C1[B]C=C[B]C1C(C)(C)C. The van der Waals surface area contributed by atoms with Crippen molar-refractivity contribution in [1.29, 1.82) is 0 Å². The van der Waals surface area contributed by atoms with E-state index in [1.165, 1.54) is 0 Å². The highest BCUT2D eigenvalue weighted by Crippen LogP contribution is 2.50. The standard InChI is InChI=1S/C12H22B2/c1-11(2,3)9-10(12(4,5)6)14-8-7-13-9/h7-10H,1-6H3. The summed E-state index contributed by atoms with van der Waals surface area (Å²) in [6.45, 7) is 14.0. The van der Waals surface area contributed by atoms with Crippen LogP contribution in [-0.2, 0) is 0 Å². The second kappa shape index (κ2) is 3.79. The van der Waals surface area contributed by atoms with E-state index < -0.39 is 0 Å².